The van der Waals surface area contributed by atoms with Gasteiger partial charge in [0.05, 0.1) is 5.56 Å². The number of hydrogen-bond acceptors (Lipinski definition) is 3. The number of benzene rings is 3. The van der Waals surface area contributed by atoms with Gasteiger partial charge in [-0.1, -0.05) is 47.5 Å². The number of hydrogen-bond donors (Lipinski definition) is 0. The van der Waals surface area contributed by atoms with Gasteiger partial charge in [-0.3, -0.25) is 4.79 Å². The van der Waals surface area contributed by atoms with Gasteiger partial charge in [0.25, 0.3) is 0 Å². The van der Waals surface area contributed by atoms with Gasteiger partial charge < -0.3 is 9.47 Å². The number of ketones is 1. The lowest BCUT2D eigenvalue weighted by Gasteiger charge is -2.11. The van der Waals surface area contributed by atoms with E-state index < -0.39 is 0 Å². The Labute approximate surface area is 173 Å². The summed E-state index contributed by atoms with van der Waals surface area (Å²) in [5.74, 6) is 1.31. The van der Waals surface area contributed by atoms with Crippen LogP contribution in [0.4, 0.5) is 0 Å². The van der Waals surface area contributed by atoms with E-state index in [2.05, 4.69) is 0 Å². The molecule has 1 aliphatic heterocycles. The highest BCUT2D eigenvalue weighted by Gasteiger charge is 2.30. The summed E-state index contributed by atoms with van der Waals surface area (Å²) in [5.41, 5.74) is 3.08. The van der Waals surface area contributed by atoms with Crippen LogP contribution in [0.2, 0.25) is 10.0 Å². The number of fused-ring (bicyclic) bond motifs is 1. The molecule has 140 valence electrons. The topological polar surface area (TPSA) is 35.5 Å². The van der Waals surface area contributed by atoms with E-state index in [4.69, 9.17) is 32.7 Å². The molecule has 4 rings (SSSR count). The summed E-state index contributed by atoms with van der Waals surface area (Å²) in [6.45, 7) is 2.25. The van der Waals surface area contributed by atoms with Gasteiger partial charge >= 0.3 is 0 Å². The third kappa shape index (κ3) is 3.77. The minimum Gasteiger partial charge on any atom is -0.488 e. The Morgan fingerprint density at radius 3 is 2.50 bits per heavy atom. The molecule has 0 unspecified atom stereocenters. The van der Waals surface area contributed by atoms with Crippen molar-refractivity contribution in [3.8, 4) is 11.5 Å². The summed E-state index contributed by atoms with van der Waals surface area (Å²) < 4.78 is 11.8. The van der Waals surface area contributed by atoms with Crippen molar-refractivity contribution in [1.29, 1.82) is 0 Å². The van der Waals surface area contributed by atoms with Crippen LogP contribution in [0.3, 0.4) is 0 Å². The second-order valence-electron chi connectivity index (χ2n) is 6.48. The number of halogens is 2. The average Bonchev–Trinajstić information content (AvgIpc) is 2.98. The number of carbonyl (C=O) groups excluding carboxylic acids is 1. The van der Waals surface area contributed by atoms with Crippen molar-refractivity contribution in [2.24, 2.45) is 0 Å². The minimum atomic E-state index is -0.153. The maximum Gasteiger partial charge on any atom is 0.231 e. The number of allylic oxidation sites excluding steroid dienone is 1. The summed E-state index contributed by atoms with van der Waals surface area (Å²) in [4.78, 5) is 12.7. The Morgan fingerprint density at radius 2 is 1.75 bits per heavy atom. The molecule has 0 saturated carbocycles. The van der Waals surface area contributed by atoms with Gasteiger partial charge in [-0.2, -0.15) is 0 Å². The molecular formula is C23H16Cl2O3. The first-order valence-corrected chi connectivity index (χ1v) is 9.47. The van der Waals surface area contributed by atoms with E-state index in [1.54, 1.807) is 30.3 Å². The zero-order valence-electron chi connectivity index (χ0n) is 15.0. The van der Waals surface area contributed by atoms with Gasteiger partial charge in [-0.05, 0) is 60.5 Å². The number of carbonyl (C=O) groups is 1. The third-order valence-corrected chi connectivity index (χ3v) is 4.94. The van der Waals surface area contributed by atoms with Crippen LogP contribution in [-0.2, 0) is 6.61 Å². The fourth-order valence-corrected chi connectivity index (χ4v) is 3.47. The van der Waals surface area contributed by atoms with E-state index in [1.165, 1.54) is 0 Å². The predicted octanol–water partition coefficient (Wildman–Crippen LogP) is 6.50. The molecule has 0 saturated heterocycles. The lowest BCUT2D eigenvalue weighted by molar-refractivity contribution is 0.101. The molecule has 0 N–H and O–H groups in total. The van der Waals surface area contributed by atoms with Crippen LogP contribution >= 0.6 is 23.2 Å². The highest BCUT2D eigenvalue weighted by Crippen LogP contribution is 2.39. The lowest BCUT2D eigenvalue weighted by atomic mass is 10.1. The Kier molecular flexibility index (Phi) is 5.12. The van der Waals surface area contributed by atoms with Crippen molar-refractivity contribution < 1.29 is 14.3 Å². The maximum atomic E-state index is 12.7. The summed E-state index contributed by atoms with van der Waals surface area (Å²) in [7, 11) is 0. The minimum absolute atomic E-state index is 0.153. The standard InChI is InChI=1S/C23H16Cl2O3/c1-14-20(27-13-16-5-3-7-18(25)11-16)9-8-19-22(26)21(28-23(14)19)12-15-4-2-6-17(24)10-15/h2-12H,13H2,1H3/b21-12-. The smallest absolute Gasteiger partial charge is 0.231 e. The summed E-state index contributed by atoms with van der Waals surface area (Å²) >= 11 is 12.0. The SMILES string of the molecule is Cc1c(OCc2cccc(Cl)c2)ccc2c1O/C(=C\c1cccc(Cl)c1)C2=O. The number of Topliss-reactive ketones (excluding diaryl/α,β-unsaturated/α-hetero) is 1. The van der Waals surface area contributed by atoms with Gasteiger partial charge in [0, 0.05) is 15.6 Å². The second kappa shape index (κ2) is 7.70. The van der Waals surface area contributed by atoms with Crippen molar-refractivity contribution >= 4 is 35.1 Å². The molecular weight excluding hydrogens is 395 g/mol. The second-order valence-corrected chi connectivity index (χ2v) is 7.35. The first kappa shape index (κ1) is 18.6. The molecule has 0 fully saturated rings. The van der Waals surface area contributed by atoms with Crippen LogP contribution in [0.5, 0.6) is 11.5 Å². The first-order valence-electron chi connectivity index (χ1n) is 8.72. The molecule has 0 spiro atoms. The van der Waals surface area contributed by atoms with E-state index in [0.29, 0.717) is 33.7 Å². The third-order valence-electron chi connectivity index (χ3n) is 4.47. The zero-order chi connectivity index (χ0) is 19.7. The zero-order valence-corrected chi connectivity index (χ0v) is 16.6. The van der Waals surface area contributed by atoms with Crippen molar-refractivity contribution in [3.05, 3.63) is 98.7 Å². The molecule has 0 amide bonds. The van der Waals surface area contributed by atoms with Crippen molar-refractivity contribution in [3.63, 3.8) is 0 Å². The van der Waals surface area contributed by atoms with Crippen LogP contribution in [-0.4, -0.2) is 5.78 Å². The van der Waals surface area contributed by atoms with E-state index in [-0.39, 0.29) is 11.5 Å². The highest BCUT2D eigenvalue weighted by atomic mass is 35.5. The molecule has 0 aliphatic carbocycles. The van der Waals surface area contributed by atoms with Crippen molar-refractivity contribution in [2.75, 3.05) is 0 Å². The van der Waals surface area contributed by atoms with E-state index in [9.17, 15) is 4.79 Å². The quantitative estimate of drug-likeness (QED) is 0.460. The Morgan fingerprint density at radius 1 is 1.00 bits per heavy atom. The van der Waals surface area contributed by atoms with Crippen LogP contribution in [0.25, 0.3) is 6.08 Å². The largest absolute Gasteiger partial charge is 0.488 e. The molecule has 0 bridgehead atoms. The molecule has 3 aromatic rings. The number of ether oxygens (including phenoxy) is 2. The normalized spacial score (nSPS) is 14.1. The van der Waals surface area contributed by atoms with E-state index in [0.717, 1.165) is 16.7 Å². The van der Waals surface area contributed by atoms with Crippen molar-refractivity contribution in [1.82, 2.24) is 0 Å². The molecule has 0 radical (unpaired) electrons. The molecule has 3 aromatic carbocycles. The van der Waals surface area contributed by atoms with Crippen LogP contribution in [0, 0.1) is 6.92 Å². The van der Waals surface area contributed by atoms with Crippen LogP contribution in [0.1, 0.15) is 27.0 Å². The molecule has 0 aromatic heterocycles. The summed E-state index contributed by atoms with van der Waals surface area (Å²) in [5, 5.41) is 1.27. The van der Waals surface area contributed by atoms with Gasteiger partial charge in [-0.15, -0.1) is 0 Å². The molecule has 3 nitrogen and oxygen atoms in total. The fraction of sp³-hybridized carbons (Fsp3) is 0.0870. The monoisotopic (exact) mass is 410 g/mol. The van der Waals surface area contributed by atoms with Gasteiger partial charge in [0.2, 0.25) is 5.78 Å². The van der Waals surface area contributed by atoms with Crippen LogP contribution < -0.4 is 9.47 Å². The maximum absolute atomic E-state index is 12.7. The number of rotatable bonds is 4. The van der Waals surface area contributed by atoms with Gasteiger partial charge in [0.1, 0.15) is 18.1 Å². The highest BCUT2D eigenvalue weighted by molar-refractivity contribution is 6.31. The average molecular weight is 411 g/mol. The molecule has 0 atom stereocenters. The predicted molar refractivity (Wildman–Crippen MR) is 111 cm³/mol. The van der Waals surface area contributed by atoms with Gasteiger partial charge in [0.15, 0.2) is 5.76 Å². The van der Waals surface area contributed by atoms with E-state index in [1.807, 2.05) is 43.3 Å². The molecule has 5 heteroatoms. The Bertz CT molecular complexity index is 1100. The molecule has 1 aliphatic rings. The Hall–Kier alpha value is -2.75. The van der Waals surface area contributed by atoms with E-state index >= 15 is 0 Å². The summed E-state index contributed by atoms with van der Waals surface area (Å²) in [6, 6.07) is 18.3. The Balaban J connectivity index is 1.58. The molecule has 1 heterocycles. The van der Waals surface area contributed by atoms with Crippen LogP contribution in [0.15, 0.2) is 66.4 Å². The molecule has 28 heavy (non-hydrogen) atoms. The summed E-state index contributed by atoms with van der Waals surface area (Å²) in [6.07, 6.45) is 1.69. The lowest BCUT2D eigenvalue weighted by Crippen LogP contribution is -1.98. The first-order chi connectivity index (χ1) is 13.5. The van der Waals surface area contributed by atoms with Crippen molar-refractivity contribution in [2.45, 2.75) is 13.5 Å². The van der Waals surface area contributed by atoms with Gasteiger partial charge in [-0.25, -0.2) is 0 Å². The fourth-order valence-electron chi connectivity index (χ4n) is 3.06.